The molecule has 0 aliphatic carbocycles. The first-order valence-electron chi connectivity index (χ1n) is 7.15. The monoisotopic (exact) mass is 328 g/mol. The predicted octanol–water partition coefficient (Wildman–Crippen LogP) is 0.777. The van der Waals surface area contributed by atoms with Gasteiger partial charge in [0, 0.05) is 19.5 Å². The number of aliphatic hydroxyl groups excluding tert-OH is 1. The number of aryl methyl sites for hydroxylation is 3. The Hall–Kier alpha value is -1.44. The number of nitrogens with one attached hydrogen (secondary N) is 2. The van der Waals surface area contributed by atoms with Crippen LogP contribution in [-0.2, 0) is 14.8 Å². The first-order valence-corrected chi connectivity index (χ1v) is 8.64. The van der Waals surface area contributed by atoms with Gasteiger partial charge in [-0.05, 0) is 38.8 Å². The summed E-state index contributed by atoms with van der Waals surface area (Å²) >= 11 is 0. The molecule has 0 spiro atoms. The summed E-state index contributed by atoms with van der Waals surface area (Å²) in [5.41, 5.74) is 2.37. The number of hydrogen-bond donors (Lipinski definition) is 3. The van der Waals surface area contributed by atoms with Gasteiger partial charge in [-0.1, -0.05) is 17.7 Å². The van der Waals surface area contributed by atoms with Crippen LogP contribution in [0, 0.1) is 20.8 Å². The van der Waals surface area contributed by atoms with Crippen molar-refractivity contribution in [1.82, 2.24) is 10.0 Å². The molecule has 0 aromatic heterocycles. The standard InChI is InChI=1S/C15H24N2O4S/c1-10-7-11(2)15(12(3)8-10)22(20,21)17-6-5-14(19)16-9-13(4)18/h7-8,13,17-18H,5-6,9H2,1-4H3,(H,16,19). The minimum Gasteiger partial charge on any atom is -0.392 e. The molecule has 22 heavy (non-hydrogen) atoms. The average molecular weight is 328 g/mol. The highest BCUT2D eigenvalue weighted by atomic mass is 32.2. The Morgan fingerprint density at radius 1 is 1.23 bits per heavy atom. The number of carbonyl (C=O) groups is 1. The van der Waals surface area contributed by atoms with Crippen LogP contribution in [-0.4, -0.2) is 38.6 Å². The van der Waals surface area contributed by atoms with E-state index in [1.165, 1.54) is 0 Å². The van der Waals surface area contributed by atoms with Crippen molar-refractivity contribution in [2.45, 2.75) is 45.1 Å². The molecule has 3 N–H and O–H groups in total. The fraction of sp³-hybridized carbons (Fsp3) is 0.533. The van der Waals surface area contributed by atoms with Crippen LogP contribution < -0.4 is 10.0 Å². The van der Waals surface area contributed by atoms with Crippen molar-refractivity contribution in [2.75, 3.05) is 13.1 Å². The van der Waals surface area contributed by atoms with Gasteiger partial charge >= 0.3 is 0 Å². The molecule has 0 bridgehead atoms. The summed E-state index contributed by atoms with van der Waals surface area (Å²) in [6.45, 7) is 7.15. The minimum absolute atomic E-state index is 0.0146. The Kier molecular flexibility index (Phi) is 6.52. The van der Waals surface area contributed by atoms with E-state index in [4.69, 9.17) is 5.11 Å². The number of sulfonamides is 1. The van der Waals surface area contributed by atoms with Crippen LogP contribution in [0.4, 0.5) is 0 Å². The van der Waals surface area contributed by atoms with Crippen LogP contribution in [0.15, 0.2) is 17.0 Å². The largest absolute Gasteiger partial charge is 0.392 e. The van der Waals surface area contributed by atoms with E-state index in [1.54, 1.807) is 20.8 Å². The number of rotatable bonds is 7. The molecule has 7 heteroatoms. The van der Waals surface area contributed by atoms with Crippen molar-refractivity contribution in [1.29, 1.82) is 0 Å². The summed E-state index contributed by atoms with van der Waals surface area (Å²) in [5.74, 6) is -0.305. The van der Waals surface area contributed by atoms with E-state index in [2.05, 4.69) is 10.0 Å². The van der Waals surface area contributed by atoms with Crippen molar-refractivity contribution in [2.24, 2.45) is 0 Å². The van der Waals surface area contributed by atoms with Crippen LogP contribution >= 0.6 is 0 Å². The highest BCUT2D eigenvalue weighted by molar-refractivity contribution is 7.89. The van der Waals surface area contributed by atoms with Crippen molar-refractivity contribution < 1.29 is 18.3 Å². The van der Waals surface area contributed by atoms with E-state index in [1.807, 2.05) is 19.1 Å². The quantitative estimate of drug-likeness (QED) is 0.689. The van der Waals surface area contributed by atoms with Crippen LogP contribution in [0.3, 0.4) is 0 Å². The zero-order valence-electron chi connectivity index (χ0n) is 13.4. The molecule has 1 atom stereocenters. The molecule has 1 aromatic rings. The summed E-state index contributed by atoms with van der Waals surface area (Å²) < 4.78 is 27.1. The van der Waals surface area contributed by atoms with Crippen molar-refractivity contribution in [3.8, 4) is 0 Å². The molecule has 1 rings (SSSR count). The van der Waals surface area contributed by atoms with E-state index in [-0.39, 0.29) is 30.3 Å². The zero-order valence-corrected chi connectivity index (χ0v) is 14.3. The SMILES string of the molecule is Cc1cc(C)c(S(=O)(=O)NCCC(=O)NCC(C)O)c(C)c1. The van der Waals surface area contributed by atoms with Gasteiger partial charge in [-0.2, -0.15) is 0 Å². The van der Waals surface area contributed by atoms with Crippen LogP contribution in [0.5, 0.6) is 0 Å². The van der Waals surface area contributed by atoms with E-state index in [9.17, 15) is 13.2 Å². The lowest BCUT2D eigenvalue weighted by atomic mass is 10.1. The Labute approximate surface area is 132 Å². The molecular formula is C15H24N2O4S. The van der Waals surface area contributed by atoms with E-state index < -0.39 is 16.1 Å². The second-order valence-electron chi connectivity index (χ2n) is 5.53. The molecule has 0 saturated heterocycles. The molecule has 124 valence electrons. The average Bonchev–Trinajstić information content (AvgIpc) is 2.34. The highest BCUT2D eigenvalue weighted by Gasteiger charge is 2.19. The van der Waals surface area contributed by atoms with Crippen molar-refractivity contribution >= 4 is 15.9 Å². The van der Waals surface area contributed by atoms with Crippen molar-refractivity contribution in [3.05, 3.63) is 28.8 Å². The lowest BCUT2D eigenvalue weighted by Gasteiger charge is -2.13. The smallest absolute Gasteiger partial charge is 0.241 e. The molecule has 1 unspecified atom stereocenters. The van der Waals surface area contributed by atoms with Gasteiger partial charge in [-0.15, -0.1) is 0 Å². The van der Waals surface area contributed by atoms with Gasteiger partial charge in [-0.25, -0.2) is 13.1 Å². The Morgan fingerprint density at radius 2 is 1.77 bits per heavy atom. The summed E-state index contributed by atoms with van der Waals surface area (Å²) in [6, 6.07) is 3.63. The lowest BCUT2D eigenvalue weighted by molar-refractivity contribution is -0.121. The number of carbonyl (C=O) groups excluding carboxylic acids is 1. The number of aliphatic hydroxyl groups is 1. The molecule has 1 amide bonds. The van der Waals surface area contributed by atoms with Crippen molar-refractivity contribution in [3.63, 3.8) is 0 Å². The Morgan fingerprint density at radius 3 is 2.27 bits per heavy atom. The van der Waals surface area contributed by atoms with Gasteiger partial charge in [0.1, 0.15) is 0 Å². The Balaban J connectivity index is 2.68. The van der Waals surface area contributed by atoms with Gasteiger partial charge in [0.15, 0.2) is 0 Å². The topological polar surface area (TPSA) is 95.5 Å². The molecule has 0 aliphatic heterocycles. The second-order valence-corrected chi connectivity index (χ2v) is 7.23. The predicted molar refractivity (Wildman–Crippen MR) is 85.1 cm³/mol. The van der Waals surface area contributed by atoms with Gasteiger partial charge in [0.2, 0.25) is 15.9 Å². The van der Waals surface area contributed by atoms with E-state index in [0.29, 0.717) is 11.1 Å². The van der Waals surface area contributed by atoms with Crippen LogP contribution in [0.2, 0.25) is 0 Å². The third kappa shape index (κ3) is 5.40. The lowest BCUT2D eigenvalue weighted by Crippen LogP contribution is -2.34. The zero-order chi connectivity index (χ0) is 16.9. The summed E-state index contributed by atoms with van der Waals surface area (Å²) in [4.78, 5) is 11.8. The second kappa shape index (κ2) is 7.71. The molecule has 0 fully saturated rings. The van der Waals surface area contributed by atoms with Gasteiger partial charge in [0.25, 0.3) is 0 Å². The van der Waals surface area contributed by atoms with Crippen LogP contribution in [0.1, 0.15) is 30.0 Å². The van der Waals surface area contributed by atoms with E-state index >= 15 is 0 Å². The fourth-order valence-corrected chi connectivity index (χ4v) is 3.79. The maximum Gasteiger partial charge on any atom is 0.241 e. The van der Waals surface area contributed by atoms with E-state index in [0.717, 1.165) is 5.56 Å². The minimum atomic E-state index is -3.64. The summed E-state index contributed by atoms with van der Waals surface area (Å²) in [7, 11) is -3.64. The normalized spacial score (nSPS) is 13.0. The molecule has 0 aliphatic rings. The number of amides is 1. The first-order chi connectivity index (χ1) is 10.1. The number of hydrogen-bond acceptors (Lipinski definition) is 4. The first kappa shape index (κ1) is 18.6. The third-order valence-corrected chi connectivity index (χ3v) is 4.88. The maximum atomic E-state index is 12.3. The van der Waals surface area contributed by atoms with Gasteiger partial charge in [0.05, 0.1) is 11.0 Å². The molecule has 6 nitrogen and oxygen atoms in total. The summed E-state index contributed by atoms with van der Waals surface area (Å²) in [5, 5.41) is 11.6. The van der Waals surface area contributed by atoms with Gasteiger partial charge < -0.3 is 10.4 Å². The highest BCUT2D eigenvalue weighted by Crippen LogP contribution is 2.21. The molecule has 0 saturated carbocycles. The fourth-order valence-electron chi connectivity index (χ4n) is 2.31. The summed E-state index contributed by atoms with van der Waals surface area (Å²) in [6.07, 6.45) is -0.603. The van der Waals surface area contributed by atoms with Gasteiger partial charge in [-0.3, -0.25) is 4.79 Å². The third-order valence-electron chi connectivity index (χ3n) is 3.11. The number of benzene rings is 1. The molecule has 0 heterocycles. The molecule has 0 radical (unpaired) electrons. The molecular weight excluding hydrogens is 304 g/mol. The maximum absolute atomic E-state index is 12.3. The van der Waals surface area contributed by atoms with Crippen LogP contribution in [0.25, 0.3) is 0 Å². The Bertz CT molecular complexity index is 616. The molecule has 1 aromatic carbocycles.